The van der Waals surface area contributed by atoms with Gasteiger partial charge in [-0.2, -0.15) is 8.78 Å². The molecule has 0 aromatic carbocycles. The van der Waals surface area contributed by atoms with E-state index in [4.69, 9.17) is 4.74 Å². The van der Waals surface area contributed by atoms with Gasteiger partial charge in [0.2, 0.25) is 0 Å². The van der Waals surface area contributed by atoms with Gasteiger partial charge in [-0.1, -0.05) is 78.1 Å². The van der Waals surface area contributed by atoms with Crippen LogP contribution in [0.25, 0.3) is 0 Å². The number of hydrogen-bond acceptors (Lipinski definition) is 1. The predicted octanol–water partition coefficient (Wildman–Crippen LogP) is 11.0. The molecule has 4 fully saturated rings. The first-order chi connectivity index (χ1) is 17.5. The van der Waals surface area contributed by atoms with Gasteiger partial charge in [0.25, 0.3) is 0 Å². The van der Waals surface area contributed by atoms with Gasteiger partial charge in [-0.05, 0) is 113 Å². The van der Waals surface area contributed by atoms with E-state index in [2.05, 4.69) is 13.8 Å². The first-order valence-corrected chi connectivity index (χ1v) is 16.5. The molecule has 0 bridgehead atoms. The summed E-state index contributed by atoms with van der Waals surface area (Å²) in [5, 5.41) is 0. The van der Waals surface area contributed by atoms with Crippen molar-refractivity contribution in [2.45, 2.75) is 167 Å². The summed E-state index contributed by atoms with van der Waals surface area (Å²) in [6.07, 6.45) is 23.4. The molecule has 0 aromatic rings. The third-order valence-electron chi connectivity index (χ3n) is 11.3. The van der Waals surface area contributed by atoms with Gasteiger partial charge >= 0.3 is 6.11 Å². The van der Waals surface area contributed by atoms with Crippen LogP contribution in [-0.2, 0) is 4.74 Å². The van der Waals surface area contributed by atoms with E-state index in [-0.39, 0.29) is 6.10 Å². The summed E-state index contributed by atoms with van der Waals surface area (Å²) in [7, 11) is 0. The van der Waals surface area contributed by atoms with Gasteiger partial charge in [-0.25, -0.2) is 0 Å². The second-order valence-corrected chi connectivity index (χ2v) is 13.7. The quantitative estimate of drug-likeness (QED) is 0.252. The van der Waals surface area contributed by atoms with Crippen LogP contribution < -0.4 is 0 Å². The average Bonchev–Trinajstić information content (AvgIpc) is 2.90. The highest BCUT2D eigenvalue weighted by atomic mass is 19.3. The summed E-state index contributed by atoms with van der Waals surface area (Å²) in [6, 6.07) is 0. The highest BCUT2D eigenvalue weighted by molar-refractivity contribution is 4.86. The van der Waals surface area contributed by atoms with Crippen LogP contribution in [0.4, 0.5) is 8.78 Å². The predicted molar refractivity (Wildman–Crippen MR) is 147 cm³/mol. The Labute approximate surface area is 222 Å². The Hall–Kier alpha value is -0.180. The van der Waals surface area contributed by atoms with Gasteiger partial charge in [0.15, 0.2) is 0 Å². The smallest absolute Gasteiger partial charge is 0.317 e. The molecule has 0 saturated heterocycles. The van der Waals surface area contributed by atoms with Crippen LogP contribution in [0, 0.1) is 41.4 Å². The molecular formula is C33H58F2O. The second kappa shape index (κ2) is 14.3. The lowest BCUT2D eigenvalue weighted by atomic mass is 9.68. The minimum Gasteiger partial charge on any atom is -0.317 e. The van der Waals surface area contributed by atoms with E-state index < -0.39 is 12.0 Å². The molecule has 3 heteroatoms. The summed E-state index contributed by atoms with van der Waals surface area (Å²) >= 11 is 0. The summed E-state index contributed by atoms with van der Waals surface area (Å²) < 4.78 is 36.0. The van der Waals surface area contributed by atoms with Crippen LogP contribution in [0.1, 0.15) is 155 Å². The van der Waals surface area contributed by atoms with Crippen LogP contribution in [0.15, 0.2) is 0 Å². The van der Waals surface area contributed by atoms with Gasteiger partial charge < -0.3 is 4.74 Å². The van der Waals surface area contributed by atoms with E-state index >= 15 is 8.78 Å². The lowest BCUT2D eigenvalue weighted by Gasteiger charge is -2.41. The van der Waals surface area contributed by atoms with E-state index in [1.807, 2.05) is 0 Å². The second-order valence-electron chi connectivity index (χ2n) is 13.7. The van der Waals surface area contributed by atoms with Gasteiger partial charge in [-0.15, -0.1) is 0 Å². The monoisotopic (exact) mass is 508 g/mol. The molecule has 0 heterocycles. The van der Waals surface area contributed by atoms with Gasteiger partial charge in [0, 0.05) is 0 Å². The molecule has 0 amide bonds. The van der Waals surface area contributed by atoms with Crippen molar-refractivity contribution in [3.05, 3.63) is 0 Å². The van der Waals surface area contributed by atoms with Crippen LogP contribution in [-0.4, -0.2) is 12.2 Å². The Kier molecular flexibility index (Phi) is 11.4. The molecule has 36 heavy (non-hydrogen) atoms. The fraction of sp³-hybridized carbons (Fsp3) is 1.00. The molecule has 0 atom stereocenters. The molecule has 0 unspecified atom stereocenters. The molecule has 0 aromatic heterocycles. The first kappa shape index (κ1) is 28.8. The molecule has 4 rings (SSSR count). The minimum atomic E-state index is -2.92. The minimum absolute atomic E-state index is 0.214. The van der Waals surface area contributed by atoms with Crippen LogP contribution in [0.3, 0.4) is 0 Å². The maximum atomic E-state index is 15.2. The summed E-state index contributed by atoms with van der Waals surface area (Å²) in [4.78, 5) is 0. The molecule has 4 saturated carbocycles. The van der Waals surface area contributed by atoms with Crippen molar-refractivity contribution in [2.75, 3.05) is 0 Å². The lowest BCUT2D eigenvalue weighted by molar-refractivity contribution is -0.302. The number of unbranched alkanes of at least 4 members (excludes halogenated alkanes) is 2. The van der Waals surface area contributed by atoms with Crippen molar-refractivity contribution < 1.29 is 13.5 Å². The van der Waals surface area contributed by atoms with Gasteiger partial charge in [0.1, 0.15) is 0 Å². The molecule has 0 aliphatic heterocycles. The fourth-order valence-electron chi connectivity index (χ4n) is 8.91. The summed E-state index contributed by atoms with van der Waals surface area (Å²) in [5.41, 5.74) is 0. The Balaban J connectivity index is 1.13. The van der Waals surface area contributed by atoms with Gasteiger partial charge in [0.05, 0.1) is 12.0 Å². The Morgan fingerprint density at radius 3 is 1.44 bits per heavy atom. The molecule has 1 nitrogen and oxygen atoms in total. The van der Waals surface area contributed by atoms with E-state index in [1.54, 1.807) is 0 Å². The lowest BCUT2D eigenvalue weighted by Crippen LogP contribution is -2.40. The molecular weight excluding hydrogens is 450 g/mol. The molecule has 4 aliphatic carbocycles. The Morgan fingerprint density at radius 2 is 0.972 bits per heavy atom. The van der Waals surface area contributed by atoms with E-state index in [1.165, 1.54) is 89.9 Å². The standard InChI is InChI=1S/C33H58F2O/c1-3-5-6-8-26-11-15-27(16-12-26)29-17-21-31(22-18-29)33(34,35)36-32-23-19-30(20-24-32)28-13-9-25(7-4-2)10-14-28/h25-32H,3-24H2,1-2H3. The zero-order chi connectivity index (χ0) is 25.4. The van der Waals surface area contributed by atoms with Gasteiger partial charge in [-0.3, -0.25) is 0 Å². The van der Waals surface area contributed by atoms with Crippen molar-refractivity contribution >= 4 is 0 Å². The normalized spacial score (nSPS) is 38.7. The molecule has 0 radical (unpaired) electrons. The number of rotatable bonds is 11. The largest absolute Gasteiger partial charge is 0.358 e. The highest BCUT2D eigenvalue weighted by Gasteiger charge is 2.46. The molecule has 0 N–H and O–H groups in total. The van der Waals surface area contributed by atoms with E-state index in [0.29, 0.717) is 18.8 Å². The first-order valence-electron chi connectivity index (χ1n) is 16.5. The summed E-state index contributed by atoms with van der Waals surface area (Å²) in [5.74, 6) is 4.44. The van der Waals surface area contributed by atoms with Crippen molar-refractivity contribution in [3.8, 4) is 0 Å². The van der Waals surface area contributed by atoms with E-state index in [0.717, 1.165) is 68.1 Å². The molecule has 0 spiro atoms. The maximum Gasteiger partial charge on any atom is 0.358 e. The van der Waals surface area contributed by atoms with Crippen molar-refractivity contribution in [1.29, 1.82) is 0 Å². The third-order valence-corrected chi connectivity index (χ3v) is 11.3. The van der Waals surface area contributed by atoms with Crippen LogP contribution in [0.5, 0.6) is 0 Å². The Bertz CT molecular complexity index is 589. The van der Waals surface area contributed by atoms with Crippen molar-refractivity contribution in [1.82, 2.24) is 0 Å². The zero-order valence-electron chi connectivity index (χ0n) is 23.8. The van der Waals surface area contributed by atoms with Crippen molar-refractivity contribution in [3.63, 3.8) is 0 Å². The maximum absolute atomic E-state index is 15.2. The van der Waals surface area contributed by atoms with Crippen LogP contribution in [0.2, 0.25) is 0 Å². The Morgan fingerprint density at radius 1 is 0.528 bits per heavy atom. The third kappa shape index (κ3) is 8.16. The topological polar surface area (TPSA) is 9.23 Å². The van der Waals surface area contributed by atoms with Crippen molar-refractivity contribution in [2.24, 2.45) is 41.4 Å². The van der Waals surface area contributed by atoms with Crippen LogP contribution >= 0.6 is 0 Å². The average molecular weight is 509 g/mol. The number of ether oxygens (including phenoxy) is 1. The summed E-state index contributed by atoms with van der Waals surface area (Å²) in [6.45, 7) is 4.59. The number of hydrogen-bond donors (Lipinski definition) is 0. The fourth-order valence-corrected chi connectivity index (χ4v) is 8.91. The molecule has 210 valence electrons. The zero-order valence-corrected chi connectivity index (χ0v) is 23.8. The van der Waals surface area contributed by atoms with E-state index in [9.17, 15) is 0 Å². The number of halogens is 2. The SMILES string of the molecule is CCCCCC1CCC(C2CCC(C(F)(F)OC3CCC(C4CCC(CCC)CC4)CC3)CC2)CC1. The highest BCUT2D eigenvalue weighted by Crippen LogP contribution is 2.47. The number of alkyl halides is 2. The molecule has 4 aliphatic rings.